The lowest BCUT2D eigenvalue weighted by Crippen LogP contribution is -2.48. The van der Waals surface area contributed by atoms with Crippen LogP contribution in [0.25, 0.3) is 10.9 Å². The van der Waals surface area contributed by atoms with Crippen LogP contribution in [0.5, 0.6) is 0 Å². The molecule has 2 aromatic rings. The second-order valence-electron chi connectivity index (χ2n) is 7.87. The summed E-state index contributed by atoms with van der Waals surface area (Å²) in [6.45, 7) is 6.63. The van der Waals surface area contributed by atoms with Gasteiger partial charge in [0.1, 0.15) is 0 Å². The molecule has 1 aliphatic heterocycles. The van der Waals surface area contributed by atoms with Crippen molar-refractivity contribution < 1.29 is 9.53 Å². The number of benzene rings is 1. The normalized spacial score (nSPS) is 19.8. The van der Waals surface area contributed by atoms with Gasteiger partial charge in [-0.3, -0.25) is 14.2 Å². The Balaban J connectivity index is 1.79. The SMILES string of the molecule is C[C@@H]1CN(C(=O)CSc2nc3ccccc3c(=O)n2CCCN(C)C)C[C@@H](C)O1. The van der Waals surface area contributed by atoms with Gasteiger partial charge in [0.25, 0.3) is 5.56 Å². The summed E-state index contributed by atoms with van der Waals surface area (Å²) in [4.78, 5) is 34.4. The lowest BCUT2D eigenvalue weighted by molar-refractivity contribution is -0.140. The molecule has 1 aromatic carbocycles. The van der Waals surface area contributed by atoms with Crippen molar-refractivity contribution in [2.45, 2.75) is 44.2 Å². The Bertz CT molecular complexity index is 904. The third kappa shape index (κ3) is 5.58. The molecule has 7 nitrogen and oxygen atoms in total. The average molecular weight is 419 g/mol. The Morgan fingerprint density at radius 1 is 1.24 bits per heavy atom. The Labute approximate surface area is 176 Å². The summed E-state index contributed by atoms with van der Waals surface area (Å²) < 4.78 is 7.43. The van der Waals surface area contributed by atoms with Gasteiger partial charge in [-0.25, -0.2) is 4.98 Å². The van der Waals surface area contributed by atoms with E-state index in [1.807, 2.05) is 57.1 Å². The van der Waals surface area contributed by atoms with E-state index in [1.165, 1.54) is 11.8 Å². The molecule has 158 valence electrons. The van der Waals surface area contributed by atoms with Crippen LogP contribution in [0.15, 0.2) is 34.2 Å². The van der Waals surface area contributed by atoms with E-state index in [2.05, 4.69) is 4.90 Å². The van der Waals surface area contributed by atoms with Gasteiger partial charge in [-0.05, 0) is 53.0 Å². The highest BCUT2D eigenvalue weighted by atomic mass is 32.2. The number of hydrogen-bond donors (Lipinski definition) is 0. The minimum atomic E-state index is -0.0436. The molecule has 0 aliphatic carbocycles. The molecule has 8 heteroatoms. The summed E-state index contributed by atoms with van der Waals surface area (Å²) in [7, 11) is 4.03. The van der Waals surface area contributed by atoms with Crippen LogP contribution in [0.2, 0.25) is 0 Å². The second-order valence-corrected chi connectivity index (χ2v) is 8.81. The third-order valence-electron chi connectivity index (χ3n) is 4.91. The molecule has 1 aromatic heterocycles. The van der Waals surface area contributed by atoms with Crippen LogP contribution in [-0.2, 0) is 16.1 Å². The van der Waals surface area contributed by atoms with Crippen molar-refractivity contribution in [3.05, 3.63) is 34.6 Å². The Morgan fingerprint density at radius 2 is 1.93 bits per heavy atom. The van der Waals surface area contributed by atoms with E-state index >= 15 is 0 Å². The first-order valence-corrected chi connectivity index (χ1v) is 11.0. The summed E-state index contributed by atoms with van der Waals surface area (Å²) >= 11 is 1.35. The molecule has 1 saturated heterocycles. The van der Waals surface area contributed by atoms with E-state index in [0.717, 1.165) is 13.0 Å². The van der Waals surface area contributed by atoms with Gasteiger partial charge in [-0.1, -0.05) is 23.9 Å². The molecular formula is C21H30N4O3S. The van der Waals surface area contributed by atoms with Crippen LogP contribution in [-0.4, -0.2) is 76.9 Å². The third-order valence-corrected chi connectivity index (χ3v) is 5.87. The number of carbonyl (C=O) groups is 1. The van der Waals surface area contributed by atoms with Gasteiger partial charge >= 0.3 is 0 Å². The number of aromatic nitrogens is 2. The number of morpholine rings is 1. The minimum Gasteiger partial charge on any atom is -0.372 e. The number of amides is 1. The van der Waals surface area contributed by atoms with Crippen LogP contribution in [0.1, 0.15) is 20.3 Å². The number of hydrogen-bond acceptors (Lipinski definition) is 6. The van der Waals surface area contributed by atoms with E-state index in [1.54, 1.807) is 4.57 Å². The van der Waals surface area contributed by atoms with Crippen LogP contribution < -0.4 is 5.56 Å². The van der Waals surface area contributed by atoms with Gasteiger partial charge in [0.15, 0.2) is 5.16 Å². The highest BCUT2D eigenvalue weighted by Gasteiger charge is 2.26. The van der Waals surface area contributed by atoms with Crippen LogP contribution in [0.3, 0.4) is 0 Å². The van der Waals surface area contributed by atoms with E-state index in [9.17, 15) is 9.59 Å². The molecule has 0 spiro atoms. The van der Waals surface area contributed by atoms with Gasteiger partial charge in [-0.2, -0.15) is 0 Å². The van der Waals surface area contributed by atoms with Crippen molar-refractivity contribution in [2.24, 2.45) is 0 Å². The topological polar surface area (TPSA) is 67.7 Å². The summed E-state index contributed by atoms with van der Waals surface area (Å²) in [5.74, 6) is 0.317. The van der Waals surface area contributed by atoms with Crippen LogP contribution in [0.4, 0.5) is 0 Å². The predicted octanol–water partition coefficient (Wildman–Crippen LogP) is 2.08. The molecule has 2 atom stereocenters. The number of ether oxygens (including phenoxy) is 1. The Hall–Kier alpha value is -1.90. The van der Waals surface area contributed by atoms with Crippen LogP contribution in [0, 0.1) is 0 Å². The monoisotopic (exact) mass is 418 g/mol. The molecule has 1 aliphatic rings. The smallest absolute Gasteiger partial charge is 0.262 e. The number of thioether (sulfide) groups is 1. The van der Waals surface area contributed by atoms with Crippen molar-refractivity contribution in [3.63, 3.8) is 0 Å². The quantitative estimate of drug-likeness (QED) is 0.507. The molecule has 0 N–H and O–H groups in total. The first kappa shape index (κ1) is 21.8. The molecule has 0 saturated carbocycles. The van der Waals surface area contributed by atoms with Gasteiger partial charge < -0.3 is 14.5 Å². The number of rotatable bonds is 7. The van der Waals surface area contributed by atoms with E-state index in [-0.39, 0.29) is 29.4 Å². The summed E-state index contributed by atoms with van der Waals surface area (Å²) in [5, 5.41) is 1.22. The number of fused-ring (bicyclic) bond motifs is 1. The van der Waals surface area contributed by atoms with Crippen LogP contribution >= 0.6 is 11.8 Å². The Morgan fingerprint density at radius 3 is 2.62 bits per heavy atom. The molecule has 2 heterocycles. The fourth-order valence-corrected chi connectivity index (χ4v) is 4.53. The van der Waals surface area contributed by atoms with Crippen molar-refractivity contribution in [1.82, 2.24) is 19.4 Å². The summed E-state index contributed by atoms with van der Waals surface area (Å²) in [6.07, 6.45) is 0.916. The van der Waals surface area contributed by atoms with Gasteiger partial charge in [0.05, 0.1) is 28.9 Å². The first-order valence-electron chi connectivity index (χ1n) is 10.1. The molecule has 29 heavy (non-hydrogen) atoms. The van der Waals surface area contributed by atoms with Crippen molar-refractivity contribution in [1.29, 1.82) is 0 Å². The standard InChI is InChI=1S/C21H30N4O3S/c1-15-12-24(13-16(2)28-15)19(26)14-29-21-22-18-9-6-5-8-17(18)20(27)25(21)11-7-10-23(3)4/h5-6,8-9,15-16H,7,10-14H2,1-4H3/t15-,16-/m1/s1. The molecular weight excluding hydrogens is 388 g/mol. The van der Waals surface area contributed by atoms with Gasteiger partial charge in [-0.15, -0.1) is 0 Å². The van der Waals surface area contributed by atoms with Gasteiger partial charge in [0.2, 0.25) is 5.91 Å². The number of nitrogens with zero attached hydrogens (tertiary/aromatic N) is 4. The highest BCUT2D eigenvalue weighted by Crippen LogP contribution is 2.20. The zero-order valence-electron chi connectivity index (χ0n) is 17.6. The summed E-state index contributed by atoms with van der Waals surface area (Å²) in [5.41, 5.74) is 0.628. The maximum atomic E-state index is 13.0. The fraction of sp³-hybridized carbons (Fsp3) is 0.571. The zero-order chi connectivity index (χ0) is 21.0. The van der Waals surface area contributed by atoms with Crippen molar-refractivity contribution in [3.8, 4) is 0 Å². The second kappa shape index (κ2) is 9.73. The van der Waals surface area contributed by atoms with Crippen molar-refractivity contribution in [2.75, 3.05) is 39.5 Å². The fourth-order valence-electron chi connectivity index (χ4n) is 3.60. The lowest BCUT2D eigenvalue weighted by atomic mass is 10.2. The first-order chi connectivity index (χ1) is 13.8. The summed E-state index contributed by atoms with van der Waals surface area (Å²) in [6, 6.07) is 7.38. The molecule has 0 bridgehead atoms. The molecule has 1 amide bonds. The molecule has 3 rings (SSSR count). The van der Waals surface area contributed by atoms with Crippen molar-refractivity contribution >= 4 is 28.6 Å². The van der Waals surface area contributed by atoms with E-state index < -0.39 is 0 Å². The Kier molecular flexibility index (Phi) is 7.32. The number of para-hydroxylation sites is 1. The van der Waals surface area contributed by atoms with E-state index in [0.29, 0.717) is 35.7 Å². The van der Waals surface area contributed by atoms with E-state index in [4.69, 9.17) is 9.72 Å². The zero-order valence-corrected chi connectivity index (χ0v) is 18.4. The number of carbonyl (C=O) groups excluding carboxylic acids is 1. The minimum absolute atomic E-state index is 0.0377. The maximum absolute atomic E-state index is 13.0. The molecule has 1 fully saturated rings. The van der Waals surface area contributed by atoms with Gasteiger partial charge in [0, 0.05) is 19.6 Å². The molecule has 0 radical (unpaired) electrons. The maximum Gasteiger partial charge on any atom is 0.262 e. The highest BCUT2D eigenvalue weighted by molar-refractivity contribution is 7.99. The average Bonchev–Trinajstić information content (AvgIpc) is 2.67. The predicted molar refractivity (Wildman–Crippen MR) is 116 cm³/mol. The lowest BCUT2D eigenvalue weighted by Gasteiger charge is -2.35. The largest absolute Gasteiger partial charge is 0.372 e. The molecule has 0 unspecified atom stereocenters.